The predicted octanol–water partition coefficient (Wildman–Crippen LogP) is 3.50. The molecule has 0 aliphatic rings. The summed E-state index contributed by atoms with van der Waals surface area (Å²) in [7, 11) is 0. The van der Waals surface area contributed by atoms with Gasteiger partial charge in [0.05, 0.1) is 5.56 Å². The average molecular weight is 215 g/mol. The fraction of sp³-hybridized carbons (Fsp3) is 0. The second kappa shape index (κ2) is 4.11. The van der Waals surface area contributed by atoms with Gasteiger partial charge in [-0.3, -0.25) is 0 Å². The lowest BCUT2D eigenvalue weighted by Gasteiger charge is -2.02. The summed E-state index contributed by atoms with van der Waals surface area (Å²) in [6.45, 7) is 0. The molecule has 0 saturated carbocycles. The molecule has 2 aromatic rings. The van der Waals surface area contributed by atoms with Crippen LogP contribution in [0.15, 0.2) is 42.5 Å². The van der Waals surface area contributed by atoms with Crippen LogP contribution in [-0.2, 0) is 0 Å². The van der Waals surface area contributed by atoms with Gasteiger partial charge in [0, 0.05) is 0 Å². The molecule has 3 heteroatoms. The Balaban J connectivity index is 2.50. The third-order valence-electron chi connectivity index (χ3n) is 2.25. The van der Waals surface area contributed by atoms with Gasteiger partial charge in [0.15, 0.2) is 0 Å². The number of hydrogen-bond donors (Lipinski definition) is 0. The summed E-state index contributed by atoms with van der Waals surface area (Å²) in [5.74, 6) is -0.966. The lowest BCUT2D eigenvalue weighted by Crippen LogP contribution is -1.86. The molecule has 78 valence electrons. The molecule has 0 atom stereocenters. The van der Waals surface area contributed by atoms with E-state index in [9.17, 15) is 8.78 Å². The van der Waals surface area contributed by atoms with E-state index in [1.807, 2.05) is 0 Å². The summed E-state index contributed by atoms with van der Waals surface area (Å²) in [6.07, 6.45) is 0. The molecule has 2 aromatic carbocycles. The van der Waals surface area contributed by atoms with E-state index >= 15 is 0 Å². The highest BCUT2D eigenvalue weighted by molar-refractivity contribution is 5.64. The van der Waals surface area contributed by atoms with Crippen molar-refractivity contribution in [1.29, 1.82) is 5.26 Å². The van der Waals surface area contributed by atoms with E-state index in [1.54, 1.807) is 24.3 Å². The van der Waals surface area contributed by atoms with Crippen LogP contribution in [0.25, 0.3) is 11.1 Å². The van der Waals surface area contributed by atoms with E-state index in [4.69, 9.17) is 5.26 Å². The highest BCUT2D eigenvalue weighted by Gasteiger charge is 2.04. The van der Waals surface area contributed by atoms with Gasteiger partial charge < -0.3 is 0 Å². The molecule has 0 bridgehead atoms. The van der Waals surface area contributed by atoms with Crippen LogP contribution in [0.1, 0.15) is 5.56 Å². The fourth-order valence-corrected chi connectivity index (χ4v) is 1.45. The van der Waals surface area contributed by atoms with Crippen LogP contribution in [-0.4, -0.2) is 0 Å². The lowest BCUT2D eigenvalue weighted by molar-refractivity contribution is 0.623. The summed E-state index contributed by atoms with van der Waals surface area (Å²) < 4.78 is 26.3. The van der Waals surface area contributed by atoms with Crippen LogP contribution in [0, 0.1) is 23.0 Å². The summed E-state index contributed by atoms with van der Waals surface area (Å²) >= 11 is 0. The third-order valence-corrected chi connectivity index (χ3v) is 2.25. The van der Waals surface area contributed by atoms with Crippen LogP contribution in [0.3, 0.4) is 0 Å². The first-order valence-electron chi connectivity index (χ1n) is 4.66. The van der Waals surface area contributed by atoms with Gasteiger partial charge in [-0.1, -0.05) is 18.2 Å². The van der Waals surface area contributed by atoms with Gasteiger partial charge in [-0.25, -0.2) is 8.78 Å². The van der Waals surface area contributed by atoms with Crippen molar-refractivity contribution < 1.29 is 8.78 Å². The molecule has 0 spiro atoms. The number of hydrogen-bond acceptors (Lipinski definition) is 1. The van der Waals surface area contributed by atoms with Crippen LogP contribution in [0.5, 0.6) is 0 Å². The van der Waals surface area contributed by atoms with Crippen LogP contribution < -0.4 is 0 Å². The monoisotopic (exact) mass is 215 g/mol. The van der Waals surface area contributed by atoms with Crippen LogP contribution in [0.2, 0.25) is 0 Å². The molecule has 0 aromatic heterocycles. The van der Waals surface area contributed by atoms with Gasteiger partial charge in [0.25, 0.3) is 0 Å². The Labute approximate surface area is 91.6 Å². The Hall–Kier alpha value is -2.21. The SMILES string of the molecule is N#Cc1ccc(-c2cccc(F)c2)cc1F. The van der Waals surface area contributed by atoms with Crippen LogP contribution >= 0.6 is 0 Å². The van der Waals surface area contributed by atoms with E-state index in [2.05, 4.69) is 0 Å². The van der Waals surface area contributed by atoms with E-state index in [-0.39, 0.29) is 11.4 Å². The highest BCUT2D eigenvalue weighted by atomic mass is 19.1. The molecule has 0 radical (unpaired) electrons. The maximum absolute atomic E-state index is 13.3. The minimum absolute atomic E-state index is 0.0137. The molecule has 0 aliphatic heterocycles. The zero-order valence-corrected chi connectivity index (χ0v) is 8.24. The Kier molecular flexibility index (Phi) is 2.65. The summed E-state index contributed by atoms with van der Waals surface area (Å²) in [4.78, 5) is 0. The average Bonchev–Trinajstić information content (AvgIpc) is 2.29. The van der Waals surface area contributed by atoms with Crippen molar-refractivity contribution in [3.63, 3.8) is 0 Å². The molecule has 0 amide bonds. The third kappa shape index (κ3) is 1.91. The van der Waals surface area contributed by atoms with Gasteiger partial charge in [0.2, 0.25) is 0 Å². The standard InChI is InChI=1S/C13H7F2N/c14-12-3-1-2-9(6-12)10-4-5-11(8-16)13(15)7-10/h1-7H. The molecule has 0 N–H and O–H groups in total. The number of nitriles is 1. The van der Waals surface area contributed by atoms with Gasteiger partial charge in [-0.15, -0.1) is 0 Å². The van der Waals surface area contributed by atoms with E-state index < -0.39 is 5.82 Å². The smallest absolute Gasteiger partial charge is 0.141 e. The molecule has 0 heterocycles. The van der Waals surface area contributed by atoms with Crippen molar-refractivity contribution in [3.8, 4) is 17.2 Å². The van der Waals surface area contributed by atoms with E-state index in [0.717, 1.165) is 0 Å². The predicted molar refractivity (Wildman–Crippen MR) is 56.5 cm³/mol. The largest absolute Gasteiger partial charge is 0.207 e. The zero-order chi connectivity index (χ0) is 11.5. The Bertz CT molecular complexity index is 570. The lowest BCUT2D eigenvalue weighted by atomic mass is 10.0. The van der Waals surface area contributed by atoms with Crippen molar-refractivity contribution in [2.75, 3.05) is 0 Å². The molecule has 1 nitrogen and oxygen atoms in total. The zero-order valence-electron chi connectivity index (χ0n) is 8.24. The molecule has 2 rings (SSSR count). The molecule has 0 fully saturated rings. The number of rotatable bonds is 1. The molecular formula is C13H7F2N. The number of nitrogens with zero attached hydrogens (tertiary/aromatic N) is 1. The van der Waals surface area contributed by atoms with Crippen molar-refractivity contribution in [3.05, 3.63) is 59.7 Å². The van der Waals surface area contributed by atoms with Crippen LogP contribution in [0.4, 0.5) is 8.78 Å². The summed E-state index contributed by atoms with van der Waals surface area (Å²) in [5, 5.41) is 8.57. The molecule has 0 saturated heterocycles. The van der Waals surface area contributed by atoms with Gasteiger partial charge in [-0.2, -0.15) is 5.26 Å². The fourth-order valence-electron chi connectivity index (χ4n) is 1.45. The maximum Gasteiger partial charge on any atom is 0.141 e. The Morgan fingerprint density at radius 1 is 0.938 bits per heavy atom. The normalized spacial score (nSPS) is 9.81. The second-order valence-electron chi connectivity index (χ2n) is 3.32. The quantitative estimate of drug-likeness (QED) is 0.714. The van der Waals surface area contributed by atoms with Gasteiger partial charge in [-0.05, 0) is 35.4 Å². The van der Waals surface area contributed by atoms with Crippen molar-refractivity contribution in [2.45, 2.75) is 0 Å². The second-order valence-corrected chi connectivity index (χ2v) is 3.32. The molecule has 0 unspecified atom stereocenters. The Morgan fingerprint density at radius 2 is 1.69 bits per heavy atom. The van der Waals surface area contributed by atoms with Crippen molar-refractivity contribution >= 4 is 0 Å². The maximum atomic E-state index is 13.3. The van der Waals surface area contributed by atoms with Crippen molar-refractivity contribution in [2.24, 2.45) is 0 Å². The molecular weight excluding hydrogens is 208 g/mol. The van der Waals surface area contributed by atoms with E-state index in [0.29, 0.717) is 11.1 Å². The van der Waals surface area contributed by atoms with Gasteiger partial charge in [0.1, 0.15) is 17.7 Å². The molecule has 0 aliphatic carbocycles. The number of benzene rings is 2. The Morgan fingerprint density at radius 3 is 2.31 bits per heavy atom. The highest BCUT2D eigenvalue weighted by Crippen LogP contribution is 2.22. The topological polar surface area (TPSA) is 23.8 Å². The number of halogens is 2. The van der Waals surface area contributed by atoms with E-state index in [1.165, 1.54) is 24.3 Å². The first kappa shape index (κ1) is 10.3. The first-order valence-corrected chi connectivity index (χ1v) is 4.66. The summed E-state index contributed by atoms with van der Waals surface area (Å²) in [6, 6.07) is 11.8. The van der Waals surface area contributed by atoms with Crippen molar-refractivity contribution in [1.82, 2.24) is 0 Å². The molecule has 16 heavy (non-hydrogen) atoms. The minimum atomic E-state index is -0.593. The van der Waals surface area contributed by atoms with Gasteiger partial charge >= 0.3 is 0 Å². The summed E-state index contributed by atoms with van der Waals surface area (Å²) in [5.41, 5.74) is 1.12. The minimum Gasteiger partial charge on any atom is -0.207 e. The first-order chi connectivity index (χ1) is 7.70.